The lowest BCUT2D eigenvalue weighted by atomic mass is 10.2. The smallest absolute Gasteiger partial charge is 0.408 e. The van der Waals surface area contributed by atoms with Crippen LogP contribution in [0.25, 0.3) is 10.2 Å². The number of carbonyl (C=O) groups excluding carboxylic acids is 1. The molecule has 2 heterocycles. The molecule has 0 atom stereocenters. The number of ether oxygens (including phenoxy) is 1. The Bertz CT molecular complexity index is 703. The Morgan fingerprint density at radius 2 is 2.09 bits per heavy atom. The zero-order valence-electron chi connectivity index (χ0n) is 13.2. The number of aromatic nitrogens is 2. The van der Waals surface area contributed by atoms with Crippen LogP contribution in [0.5, 0.6) is 0 Å². The predicted octanol–water partition coefficient (Wildman–Crippen LogP) is 3.80. The summed E-state index contributed by atoms with van der Waals surface area (Å²) in [7, 11) is 0. The molecule has 0 radical (unpaired) electrons. The highest BCUT2D eigenvalue weighted by Gasteiger charge is 2.16. The second-order valence-corrected chi connectivity index (χ2v) is 7.56. The van der Waals surface area contributed by atoms with E-state index in [0.29, 0.717) is 16.0 Å². The summed E-state index contributed by atoms with van der Waals surface area (Å²) in [6.07, 6.45) is -0.549. The lowest BCUT2D eigenvalue weighted by Crippen LogP contribution is -2.33. The first-order valence-corrected chi connectivity index (χ1v) is 8.50. The molecule has 0 bridgehead atoms. The Morgan fingerprint density at radius 3 is 2.68 bits per heavy atom. The molecule has 0 unspecified atom stereocenters. The van der Waals surface area contributed by atoms with Gasteiger partial charge in [-0.25, -0.2) is 9.78 Å². The number of H-pyrrole nitrogens is 1. The van der Waals surface area contributed by atoms with Crippen LogP contribution in [0.1, 0.15) is 40.4 Å². The fourth-order valence-electron chi connectivity index (χ4n) is 1.51. The van der Waals surface area contributed by atoms with Gasteiger partial charge in [0.2, 0.25) is 0 Å². The summed E-state index contributed by atoms with van der Waals surface area (Å²) < 4.78 is 6.50. The largest absolute Gasteiger partial charge is 0.444 e. The number of halogens is 1. The molecule has 22 heavy (non-hydrogen) atoms. The highest BCUT2D eigenvalue weighted by molar-refractivity contribution is 9.11. The van der Waals surface area contributed by atoms with Crippen LogP contribution in [-0.2, 0) is 11.3 Å². The second-order valence-electron chi connectivity index (χ2n) is 5.13. The van der Waals surface area contributed by atoms with Crippen molar-refractivity contribution in [2.24, 2.45) is 0 Å². The molecule has 6 nitrogen and oxygen atoms in total. The van der Waals surface area contributed by atoms with Gasteiger partial charge >= 0.3 is 6.09 Å². The van der Waals surface area contributed by atoms with Crippen molar-refractivity contribution < 1.29 is 9.53 Å². The molecule has 1 amide bonds. The summed E-state index contributed by atoms with van der Waals surface area (Å²) in [5, 5.41) is 2.55. The third-order valence-electron chi connectivity index (χ3n) is 2.20. The number of hydrogen-bond acceptors (Lipinski definition) is 5. The van der Waals surface area contributed by atoms with E-state index in [1.807, 2.05) is 13.8 Å². The highest BCUT2D eigenvalue weighted by Crippen LogP contribution is 2.25. The standard InChI is InChI=1S/C12H14BrN3O3S.C2H6/c1-12(2,3)19-11(18)14-5-8-15-6-4-7(13)20-9(6)10(17)16-8;1-2/h4H,5H2,1-3H3,(H,14,18)(H,15,16,17);1-2H3. The van der Waals surface area contributed by atoms with E-state index in [0.717, 1.165) is 3.79 Å². The minimum Gasteiger partial charge on any atom is -0.444 e. The summed E-state index contributed by atoms with van der Waals surface area (Å²) in [6, 6.07) is 1.77. The van der Waals surface area contributed by atoms with E-state index in [2.05, 4.69) is 31.2 Å². The van der Waals surface area contributed by atoms with Crippen molar-refractivity contribution in [2.75, 3.05) is 0 Å². The number of aromatic amines is 1. The van der Waals surface area contributed by atoms with E-state index in [1.54, 1.807) is 26.8 Å². The monoisotopic (exact) mass is 389 g/mol. The lowest BCUT2D eigenvalue weighted by molar-refractivity contribution is 0.0522. The Labute approximate surface area is 141 Å². The normalized spacial score (nSPS) is 10.8. The molecule has 0 aliphatic heterocycles. The molecule has 0 aliphatic carbocycles. The number of carbonyl (C=O) groups is 1. The van der Waals surface area contributed by atoms with E-state index in [-0.39, 0.29) is 12.1 Å². The fraction of sp³-hybridized carbons (Fsp3) is 0.500. The van der Waals surface area contributed by atoms with E-state index < -0.39 is 11.7 Å². The van der Waals surface area contributed by atoms with Crippen molar-refractivity contribution >= 4 is 43.6 Å². The Hall–Kier alpha value is -1.41. The quantitative estimate of drug-likeness (QED) is 0.817. The molecule has 2 rings (SSSR count). The summed E-state index contributed by atoms with van der Waals surface area (Å²) >= 11 is 4.63. The molecule has 0 aromatic carbocycles. The number of thiophene rings is 1. The Kier molecular flexibility index (Phi) is 6.55. The molecule has 2 N–H and O–H groups in total. The first-order valence-electron chi connectivity index (χ1n) is 6.90. The zero-order valence-corrected chi connectivity index (χ0v) is 15.6. The van der Waals surface area contributed by atoms with Crippen molar-refractivity contribution in [2.45, 2.75) is 46.8 Å². The maximum atomic E-state index is 11.8. The minimum atomic E-state index is -0.562. The van der Waals surface area contributed by atoms with Crippen LogP contribution in [-0.4, -0.2) is 21.7 Å². The van der Waals surface area contributed by atoms with Gasteiger partial charge < -0.3 is 15.0 Å². The van der Waals surface area contributed by atoms with Crippen LogP contribution in [0.3, 0.4) is 0 Å². The molecule has 8 heteroatoms. The van der Waals surface area contributed by atoms with Crippen molar-refractivity contribution in [1.82, 2.24) is 15.3 Å². The van der Waals surface area contributed by atoms with Gasteiger partial charge in [-0.3, -0.25) is 4.79 Å². The SMILES string of the molecule is CC.CC(C)(C)OC(=O)NCc1nc2cc(Br)sc2c(=O)[nH]1. The molecule has 2 aromatic heterocycles. The first kappa shape index (κ1) is 18.6. The van der Waals surface area contributed by atoms with Crippen LogP contribution in [0, 0.1) is 0 Å². The summed E-state index contributed by atoms with van der Waals surface area (Å²) in [5.74, 6) is 0.388. The van der Waals surface area contributed by atoms with E-state index in [1.165, 1.54) is 11.3 Å². The van der Waals surface area contributed by atoms with Gasteiger partial charge in [0.15, 0.2) is 0 Å². The molecule has 0 fully saturated rings. The van der Waals surface area contributed by atoms with Crippen molar-refractivity contribution in [3.63, 3.8) is 0 Å². The predicted molar refractivity (Wildman–Crippen MR) is 92.4 cm³/mol. The maximum Gasteiger partial charge on any atom is 0.408 e. The molecular formula is C14H20BrN3O3S. The van der Waals surface area contributed by atoms with Crippen LogP contribution in [0.4, 0.5) is 4.79 Å². The summed E-state index contributed by atoms with van der Waals surface area (Å²) in [5.41, 5.74) is -0.175. The molecule has 0 spiro atoms. The number of alkyl carbamates (subject to hydrolysis) is 1. The van der Waals surface area contributed by atoms with Gasteiger partial charge in [0.25, 0.3) is 5.56 Å². The molecule has 2 aromatic rings. The number of nitrogens with one attached hydrogen (secondary N) is 2. The van der Waals surface area contributed by atoms with Crippen LogP contribution >= 0.6 is 27.3 Å². The Morgan fingerprint density at radius 1 is 1.45 bits per heavy atom. The van der Waals surface area contributed by atoms with Crippen LogP contribution < -0.4 is 10.9 Å². The van der Waals surface area contributed by atoms with Crippen LogP contribution in [0.2, 0.25) is 0 Å². The third-order valence-corrected chi connectivity index (χ3v) is 3.83. The fourth-order valence-corrected chi connectivity index (χ4v) is 2.93. The topological polar surface area (TPSA) is 84.1 Å². The van der Waals surface area contributed by atoms with Crippen LogP contribution in [0.15, 0.2) is 14.6 Å². The van der Waals surface area contributed by atoms with Crippen molar-refractivity contribution in [1.29, 1.82) is 0 Å². The number of rotatable bonds is 2. The van der Waals surface area contributed by atoms with Gasteiger partial charge in [0.05, 0.1) is 15.8 Å². The molecule has 0 saturated carbocycles. The van der Waals surface area contributed by atoms with Gasteiger partial charge in [-0.15, -0.1) is 11.3 Å². The number of nitrogens with zero attached hydrogens (tertiary/aromatic N) is 1. The van der Waals surface area contributed by atoms with Gasteiger partial charge in [-0.2, -0.15) is 0 Å². The highest BCUT2D eigenvalue weighted by atomic mass is 79.9. The summed E-state index contributed by atoms with van der Waals surface area (Å²) in [4.78, 5) is 30.3. The zero-order chi connectivity index (χ0) is 16.9. The first-order chi connectivity index (χ1) is 10.2. The third kappa shape index (κ3) is 5.42. The maximum absolute atomic E-state index is 11.8. The molecular weight excluding hydrogens is 370 g/mol. The van der Waals surface area contributed by atoms with Gasteiger partial charge in [0.1, 0.15) is 16.1 Å². The van der Waals surface area contributed by atoms with E-state index in [4.69, 9.17) is 4.74 Å². The van der Waals surface area contributed by atoms with Gasteiger partial charge in [-0.1, -0.05) is 13.8 Å². The molecule has 122 valence electrons. The molecule has 0 saturated heterocycles. The second kappa shape index (κ2) is 7.73. The number of hydrogen-bond donors (Lipinski definition) is 2. The van der Waals surface area contributed by atoms with E-state index >= 15 is 0 Å². The summed E-state index contributed by atoms with van der Waals surface area (Å²) in [6.45, 7) is 9.44. The van der Waals surface area contributed by atoms with Gasteiger partial charge in [0, 0.05) is 0 Å². The Balaban J connectivity index is 0.00000116. The average molecular weight is 390 g/mol. The minimum absolute atomic E-state index is 0.105. The lowest BCUT2D eigenvalue weighted by Gasteiger charge is -2.19. The molecule has 0 aliphatic rings. The number of amides is 1. The van der Waals surface area contributed by atoms with Crippen molar-refractivity contribution in [3.05, 3.63) is 26.0 Å². The van der Waals surface area contributed by atoms with Gasteiger partial charge in [-0.05, 0) is 42.8 Å². The van der Waals surface area contributed by atoms with Crippen molar-refractivity contribution in [3.8, 4) is 0 Å². The number of fused-ring (bicyclic) bond motifs is 1. The van der Waals surface area contributed by atoms with E-state index in [9.17, 15) is 9.59 Å². The average Bonchev–Trinajstić information content (AvgIpc) is 2.78.